The lowest BCUT2D eigenvalue weighted by Crippen LogP contribution is -1.82. The van der Waals surface area contributed by atoms with Gasteiger partial charge >= 0.3 is 0 Å². The van der Waals surface area contributed by atoms with Gasteiger partial charge in [-0.25, -0.2) is 0 Å². The van der Waals surface area contributed by atoms with E-state index >= 15 is 0 Å². The zero-order valence-electron chi connectivity index (χ0n) is 6.42. The molecule has 0 atom stereocenters. The maximum Gasteiger partial charge on any atom is 0.146 e. The molecule has 2 heteroatoms. The number of rotatable bonds is 1. The molecule has 0 aromatic heterocycles. The minimum atomic E-state index is 0.794. The van der Waals surface area contributed by atoms with Crippen molar-refractivity contribution >= 4 is 6.29 Å². The highest BCUT2D eigenvalue weighted by Gasteiger charge is 2.04. The molecule has 0 aromatic carbocycles. The first-order chi connectivity index (χ1) is 5.36. The molecule has 0 saturated heterocycles. The molecule has 1 rings (SSSR count). The molecule has 1 aliphatic rings. The Bertz CT molecular complexity index is 202. The summed E-state index contributed by atoms with van der Waals surface area (Å²) in [5, 5.41) is 8.71. The Morgan fingerprint density at radius 2 is 2.09 bits per heavy atom. The fourth-order valence-corrected chi connectivity index (χ4v) is 1.24. The van der Waals surface area contributed by atoms with Crippen molar-refractivity contribution in [3.8, 4) is 0 Å². The summed E-state index contributed by atoms with van der Waals surface area (Å²) in [6, 6.07) is 0. The SMILES string of the molecule is O=CC1=C/C(=C\O)CCCC1. The predicted molar refractivity (Wildman–Crippen MR) is 43.3 cm³/mol. The van der Waals surface area contributed by atoms with E-state index in [0.717, 1.165) is 49.4 Å². The lowest BCUT2D eigenvalue weighted by Gasteiger charge is -1.92. The molecule has 0 bridgehead atoms. The van der Waals surface area contributed by atoms with Crippen molar-refractivity contribution < 1.29 is 9.90 Å². The van der Waals surface area contributed by atoms with Gasteiger partial charge in [0.15, 0.2) is 0 Å². The van der Waals surface area contributed by atoms with E-state index in [1.54, 1.807) is 6.08 Å². The van der Waals surface area contributed by atoms with Crippen LogP contribution in [0.2, 0.25) is 0 Å². The second kappa shape index (κ2) is 3.96. The first-order valence-electron chi connectivity index (χ1n) is 3.86. The summed E-state index contributed by atoms with van der Waals surface area (Å²) in [4.78, 5) is 10.4. The Labute approximate surface area is 66.2 Å². The van der Waals surface area contributed by atoms with Gasteiger partial charge < -0.3 is 5.11 Å². The van der Waals surface area contributed by atoms with Gasteiger partial charge in [-0.15, -0.1) is 0 Å². The Kier molecular flexibility index (Phi) is 2.90. The fourth-order valence-electron chi connectivity index (χ4n) is 1.24. The van der Waals surface area contributed by atoms with Gasteiger partial charge in [0.1, 0.15) is 6.29 Å². The van der Waals surface area contributed by atoms with Crippen LogP contribution in [0.4, 0.5) is 0 Å². The number of allylic oxidation sites excluding steroid dienone is 3. The first kappa shape index (κ1) is 8.05. The molecule has 1 aliphatic carbocycles. The normalized spacial score (nSPS) is 22.5. The molecule has 11 heavy (non-hydrogen) atoms. The second-order valence-corrected chi connectivity index (χ2v) is 2.75. The molecular formula is C9H12O2. The average molecular weight is 152 g/mol. The van der Waals surface area contributed by atoms with Gasteiger partial charge in [-0.3, -0.25) is 4.79 Å². The van der Waals surface area contributed by atoms with Crippen molar-refractivity contribution in [1.29, 1.82) is 0 Å². The summed E-state index contributed by atoms with van der Waals surface area (Å²) in [7, 11) is 0. The number of carbonyl (C=O) groups is 1. The number of aliphatic hydroxyl groups excluding tert-OH is 1. The fraction of sp³-hybridized carbons (Fsp3) is 0.444. The third kappa shape index (κ3) is 2.22. The molecule has 0 unspecified atom stereocenters. The summed E-state index contributed by atoms with van der Waals surface area (Å²) in [6.07, 6.45) is 7.57. The van der Waals surface area contributed by atoms with Crippen molar-refractivity contribution in [2.75, 3.05) is 0 Å². The Hall–Kier alpha value is -1.05. The van der Waals surface area contributed by atoms with Crippen molar-refractivity contribution in [1.82, 2.24) is 0 Å². The van der Waals surface area contributed by atoms with Gasteiger partial charge in [0.2, 0.25) is 0 Å². The molecule has 2 nitrogen and oxygen atoms in total. The molecule has 60 valence electrons. The van der Waals surface area contributed by atoms with Crippen LogP contribution in [0, 0.1) is 0 Å². The smallest absolute Gasteiger partial charge is 0.146 e. The van der Waals surface area contributed by atoms with Crippen molar-refractivity contribution in [2.24, 2.45) is 0 Å². The van der Waals surface area contributed by atoms with Gasteiger partial charge in [-0.05, 0) is 42.9 Å². The molecule has 0 fully saturated rings. The third-order valence-electron chi connectivity index (χ3n) is 1.87. The van der Waals surface area contributed by atoms with Crippen LogP contribution in [0.3, 0.4) is 0 Å². The Balaban J connectivity index is 2.75. The number of carbonyl (C=O) groups excluding carboxylic acids is 1. The van der Waals surface area contributed by atoms with Gasteiger partial charge in [0, 0.05) is 0 Å². The quantitative estimate of drug-likeness (QED) is 0.461. The second-order valence-electron chi connectivity index (χ2n) is 2.75. The van der Waals surface area contributed by atoms with E-state index in [0.29, 0.717) is 0 Å². The highest BCUT2D eigenvalue weighted by molar-refractivity contribution is 5.74. The minimum absolute atomic E-state index is 0.794. The van der Waals surface area contributed by atoms with Crippen LogP contribution in [0.15, 0.2) is 23.5 Å². The predicted octanol–water partition coefficient (Wildman–Crippen LogP) is 2.13. The largest absolute Gasteiger partial charge is 0.515 e. The van der Waals surface area contributed by atoms with Crippen molar-refractivity contribution in [3.63, 3.8) is 0 Å². The molecule has 0 radical (unpaired) electrons. The molecule has 1 N–H and O–H groups in total. The molecule has 0 amide bonds. The molecule has 0 heterocycles. The Morgan fingerprint density at radius 1 is 1.36 bits per heavy atom. The van der Waals surface area contributed by atoms with E-state index in [4.69, 9.17) is 5.11 Å². The Morgan fingerprint density at radius 3 is 2.73 bits per heavy atom. The lowest BCUT2D eigenvalue weighted by molar-refractivity contribution is -0.105. The van der Waals surface area contributed by atoms with Crippen LogP contribution in [-0.2, 0) is 4.79 Å². The van der Waals surface area contributed by atoms with Crippen LogP contribution in [-0.4, -0.2) is 11.4 Å². The van der Waals surface area contributed by atoms with Gasteiger partial charge in [-0.1, -0.05) is 0 Å². The maximum atomic E-state index is 10.4. The van der Waals surface area contributed by atoms with Gasteiger partial charge in [0.25, 0.3) is 0 Å². The number of hydrogen-bond acceptors (Lipinski definition) is 2. The number of hydrogen-bond donors (Lipinski definition) is 1. The summed E-state index contributed by atoms with van der Waals surface area (Å²) in [5.41, 5.74) is 1.66. The van der Waals surface area contributed by atoms with E-state index in [1.807, 2.05) is 0 Å². The summed E-state index contributed by atoms with van der Waals surface area (Å²) >= 11 is 0. The lowest BCUT2D eigenvalue weighted by atomic mass is 10.1. The van der Waals surface area contributed by atoms with E-state index in [-0.39, 0.29) is 0 Å². The third-order valence-corrected chi connectivity index (χ3v) is 1.87. The highest BCUT2D eigenvalue weighted by Crippen LogP contribution is 2.19. The molecule has 0 aliphatic heterocycles. The standard InChI is InChI=1S/C9H12O2/c10-6-8-3-1-2-4-9(5-8)7-11/h5-7,10H,1-4H2/b8-6-. The topological polar surface area (TPSA) is 37.3 Å². The van der Waals surface area contributed by atoms with Crippen molar-refractivity contribution in [2.45, 2.75) is 25.7 Å². The number of aliphatic hydroxyl groups is 1. The van der Waals surface area contributed by atoms with Crippen LogP contribution in [0.25, 0.3) is 0 Å². The zero-order valence-corrected chi connectivity index (χ0v) is 6.42. The molecular weight excluding hydrogens is 140 g/mol. The van der Waals surface area contributed by atoms with E-state index in [9.17, 15) is 4.79 Å². The first-order valence-corrected chi connectivity index (χ1v) is 3.86. The maximum absolute atomic E-state index is 10.4. The van der Waals surface area contributed by atoms with Crippen LogP contribution in [0.5, 0.6) is 0 Å². The van der Waals surface area contributed by atoms with E-state index < -0.39 is 0 Å². The van der Waals surface area contributed by atoms with E-state index in [2.05, 4.69) is 0 Å². The van der Waals surface area contributed by atoms with Gasteiger partial charge in [0.05, 0.1) is 6.26 Å². The monoisotopic (exact) mass is 152 g/mol. The van der Waals surface area contributed by atoms with E-state index in [1.165, 1.54) is 0 Å². The zero-order chi connectivity index (χ0) is 8.10. The van der Waals surface area contributed by atoms with Gasteiger partial charge in [-0.2, -0.15) is 0 Å². The average Bonchev–Trinajstić information content (AvgIpc) is 2.28. The molecule has 0 spiro atoms. The number of aldehydes is 1. The minimum Gasteiger partial charge on any atom is -0.515 e. The molecule has 0 saturated carbocycles. The summed E-state index contributed by atoms with van der Waals surface area (Å²) < 4.78 is 0. The summed E-state index contributed by atoms with van der Waals surface area (Å²) in [5.74, 6) is 0. The van der Waals surface area contributed by atoms with Crippen LogP contribution < -0.4 is 0 Å². The highest BCUT2D eigenvalue weighted by atomic mass is 16.2. The van der Waals surface area contributed by atoms with Crippen LogP contribution >= 0.6 is 0 Å². The van der Waals surface area contributed by atoms with Crippen molar-refractivity contribution in [3.05, 3.63) is 23.5 Å². The molecule has 0 aromatic rings. The summed E-state index contributed by atoms with van der Waals surface area (Å²) in [6.45, 7) is 0. The van der Waals surface area contributed by atoms with Crippen LogP contribution in [0.1, 0.15) is 25.7 Å².